The van der Waals surface area contributed by atoms with Crippen LogP contribution in [0.2, 0.25) is 0 Å². The molecule has 0 radical (unpaired) electrons. The number of amides is 2. The monoisotopic (exact) mass is 243 g/mol. The van der Waals surface area contributed by atoms with Gasteiger partial charge < -0.3 is 16.4 Å². The van der Waals surface area contributed by atoms with Crippen molar-refractivity contribution in [1.29, 1.82) is 0 Å². The topological polar surface area (TPSA) is 84.2 Å². The molecule has 0 rings (SSSR count). The minimum Gasteiger partial charge on any atom is -0.354 e. The van der Waals surface area contributed by atoms with Crippen LogP contribution in [0.25, 0.3) is 0 Å². The minimum absolute atomic E-state index is 0.179. The van der Waals surface area contributed by atoms with E-state index < -0.39 is 12.1 Å². The SMILES string of the molecule is CCCNC(=O)C(C)NC(=O)C(N)C(C)(C)C. The van der Waals surface area contributed by atoms with Crippen LogP contribution in [0.4, 0.5) is 0 Å². The van der Waals surface area contributed by atoms with Gasteiger partial charge in [-0.05, 0) is 18.8 Å². The zero-order valence-electron chi connectivity index (χ0n) is 11.5. The van der Waals surface area contributed by atoms with Gasteiger partial charge in [-0.25, -0.2) is 0 Å². The Balaban J connectivity index is 4.25. The maximum atomic E-state index is 11.8. The molecule has 2 atom stereocenters. The van der Waals surface area contributed by atoms with E-state index in [1.54, 1.807) is 6.92 Å². The lowest BCUT2D eigenvalue weighted by Gasteiger charge is -2.27. The summed E-state index contributed by atoms with van der Waals surface area (Å²) in [7, 11) is 0. The Hall–Kier alpha value is -1.10. The number of nitrogens with two attached hydrogens (primary N) is 1. The van der Waals surface area contributed by atoms with E-state index in [4.69, 9.17) is 5.73 Å². The van der Waals surface area contributed by atoms with Gasteiger partial charge in [-0.3, -0.25) is 9.59 Å². The van der Waals surface area contributed by atoms with Crippen LogP contribution in [0.5, 0.6) is 0 Å². The Morgan fingerprint density at radius 3 is 2.18 bits per heavy atom. The Bertz CT molecular complexity index is 271. The van der Waals surface area contributed by atoms with Crippen molar-refractivity contribution in [3.63, 3.8) is 0 Å². The van der Waals surface area contributed by atoms with Crippen molar-refractivity contribution >= 4 is 11.8 Å². The summed E-state index contributed by atoms with van der Waals surface area (Å²) in [6.07, 6.45) is 0.869. The van der Waals surface area contributed by atoms with E-state index in [2.05, 4.69) is 10.6 Å². The first-order chi connectivity index (χ1) is 7.70. The van der Waals surface area contributed by atoms with Crippen LogP contribution >= 0.6 is 0 Å². The summed E-state index contributed by atoms with van der Waals surface area (Å²) in [6, 6.07) is -1.17. The fourth-order valence-electron chi connectivity index (χ4n) is 1.16. The van der Waals surface area contributed by atoms with Gasteiger partial charge in [0.1, 0.15) is 6.04 Å². The molecule has 2 amide bonds. The van der Waals surface area contributed by atoms with Crippen LogP contribution in [0.15, 0.2) is 0 Å². The van der Waals surface area contributed by atoms with Gasteiger partial charge in [0.05, 0.1) is 6.04 Å². The highest BCUT2D eigenvalue weighted by molar-refractivity contribution is 5.89. The summed E-state index contributed by atoms with van der Waals surface area (Å²) in [4.78, 5) is 23.3. The predicted molar refractivity (Wildman–Crippen MR) is 68.3 cm³/mol. The Kier molecular flexibility index (Phi) is 6.16. The van der Waals surface area contributed by atoms with Gasteiger partial charge in [0.25, 0.3) is 0 Å². The summed E-state index contributed by atoms with van der Waals surface area (Å²) < 4.78 is 0. The molecule has 2 unspecified atom stereocenters. The molecule has 0 saturated carbocycles. The number of rotatable bonds is 5. The van der Waals surface area contributed by atoms with Gasteiger partial charge in [0, 0.05) is 6.54 Å². The van der Waals surface area contributed by atoms with Crippen LogP contribution in [0.3, 0.4) is 0 Å². The van der Waals surface area contributed by atoms with Crippen molar-refractivity contribution in [1.82, 2.24) is 10.6 Å². The molecule has 4 N–H and O–H groups in total. The number of carbonyl (C=O) groups excluding carboxylic acids is 2. The first-order valence-corrected chi connectivity index (χ1v) is 6.03. The van der Waals surface area contributed by atoms with Crippen molar-refractivity contribution in [2.75, 3.05) is 6.54 Å². The fraction of sp³-hybridized carbons (Fsp3) is 0.833. The van der Waals surface area contributed by atoms with Crippen molar-refractivity contribution in [2.24, 2.45) is 11.1 Å². The highest BCUT2D eigenvalue weighted by atomic mass is 16.2. The van der Waals surface area contributed by atoms with Gasteiger partial charge in [-0.15, -0.1) is 0 Å². The lowest BCUT2D eigenvalue weighted by molar-refractivity contribution is -0.130. The normalized spacial score (nSPS) is 14.9. The average molecular weight is 243 g/mol. The van der Waals surface area contributed by atoms with E-state index in [0.717, 1.165) is 6.42 Å². The molecule has 0 bridgehead atoms. The van der Waals surface area contributed by atoms with Crippen molar-refractivity contribution < 1.29 is 9.59 Å². The Morgan fingerprint density at radius 1 is 1.24 bits per heavy atom. The van der Waals surface area contributed by atoms with Gasteiger partial charge in [0.2, 0.25) is 11.8 Å². The summed E-state index contributed by atoms with van der Waals surface area (Å²) in [5.41, 5.74) is 5.48. The molecule has 0 aliphatic heterocycles. The smallest absolute Gasteiger partial charge is 0.242 e. The van der Waals surface area contributed by atoms with Gasteiger partial charge in [0.15, 0.2) is 0 Å². The molecule has 0 saturated heterocycles. The Labute approximate surface area is 104 Å². The van der Waals surface area contributed by atoms with E-state index in [1.165, 1.54) is 0 Å². The quantitative estimate of drug-likeness (QED) is 0.653. The standard InChI is InChI=1S/C12H25N3O2/c1-6-7-14-10(16)8(2)15-11(17)9(13)12(3,4)5/h8-9H,6-7,13H2,1-5H3,(H,14,16)(H,15,17). The Morgan fingerprint density at radius 2 is 1.76 bits per heavy atom. The molecular weight excluding hydrogens is 218 g/mol. The lowest BCUT2D eigenvalue weighted by Crippen LogP contribution is -2.54. The van der Waals surface area contributed by atoms with E-state index in [-0.39, 0.29) is 17.2 Å². The van der Waals surface area contributed by atoms with E-state index in [1.807, 2.05) is 27.7 Å². The number of nitrogens with one attached hydrogen (secondary N) is 2. The second kappa shape index (κ2) is 6.59. The largest absolute Gasteiger partial charge is 0.354 e. The van der Waals surface area contributed by atoms with Crippen LogP contribution in [0, 0.1) is 5.41 Å². The summed E-state index contributed by atoms with van der Waals surface area (Å²) in [5.74, 6) is -0.474. The molecule has 0 aliphatic carbocycles. The summed E-state index contributed by atoms with van der Waals surface area (Å²) in [5, 5.41) is 5.34. The van der Waals surface area contributed by atoms with Crippen molar-refractivity contribution in [2.45, 2.75) is 53.1 Å². The van der Waals surface area contributed by atoms with Gasteiger partial charge >= 0.3 is 0 Å². The molecule has 0 aromatic carbocycles. The second-order valence-electron chi connectivity index (χ2n) is 5.36. The van der Waals surface area contributed by atoms with E-state index in [0.29, 0.717) is 6.54 Å². The third-order valence-corrected chi connectivity index (χ3v) is 2.52. The van der Waals surface area contributed by atoms with Gasteiger partial charge in [-0.1, -0.05) is 27.7 Å². The molecule has 100 valence electrons. The molecule has 0 aromatic rings. The van der Waals surface area contributed by atoms with Gasteiger partial charge in [-0.2, -0.15) is 0 Å². The molecule has 0 spiro atoms. The maximum absolute atomic E-state index is 11.8. The molecule has 0 heterocycles. The average Bonchev–Trinajstić information content (AvgIpc) is 2.23. The predicted octanol–water partition coefficient (Wildman–Crippen LogP) is 0.391. The number of hydrogen-bond donors (Lipinski definition) is 3. The molecule has 0 aromatic heterocycles. The number of hydrogen-bond acceptors (Lipinski definition) is 3. The zero-order valence-corrected chi connectivity index (χ0v) is 11.5. The van der Waals surface area contributed by atoms with Crippen molar-refractivity contribution in [3.05, 3.63) is 0 Å². The highest BCUT2D eigenvalue weighted by Crippen LogP contribution is 2.17. The van der Waals surface area contributed by atoms with Crippen LogP contribution in [0.1, 0.15) is 41.0 Å². The van der Waals surface area contributed by atoms with Crippen LogP contribution in [-0.2, 0) is 9.59 Å². The first kappa shape index (κ1) is 15.9. The zero-order chi connectivity index (χ0) is 13.6. The molecule has 0 fully saturated rings. The van der Waals surface area contributed by atoms with E-state index in [9.17, 15) is 9.59 Å². The van der Waals surface area contributed by atoms with Crippen LogP contribution in [-0.4, -0.2) is 30.4 Å². The molecule has 5 heteroatoms. The molecular formula is C12H25N3O2. The fourth-order valence-corrected chi connectivity index (χ4v) is 1.16. The third-order valence-electron chi connectivity index (χ3n) is 2.52. The first-order valence-electron chi connectivity index (χ1n) is 6.03. The maximum Gasteiger partial charge on any atom is 0.242 e. The lowest BCUT2D eigenvalue weighted by atomic mass is 9.87. The van der Waals surface area contributed by atoms with E-state index >= 15 is 0 Å². The molecule has 5 nitrogen and oxygen atoms in total. The second-order valence-corrected chi connectivity index (χ2v) is 5.36. The highest BCUT2D eigenvalue weighted by Gasteiger charge is 2.29. The number of carbonyl (C=O) groups is 2. The summed E-state index contributed by atoms with van der Waals surface area (Å²) >= 11 is 0. The third kappa shape index (κ3) is 5.68. The van der Waals surface area contributed by atoms with Crippen LogP contribution < -0.4 is 16.4 Å². The molecule has 17 heavy (non-hydrogen) atoms. The summed E-state index contributed by atoms with van der Waals surface area (Å²) in [6.45, 7) is 9.90. The van der Waals surface area contributed by atoms with Crippen molar-refractivity contribution in [3.8, 4) is 0 Å². The minimum atomic E-state index is -0.621. The molecule has 0 aliphatic rings.